The van der Waals surface area contributed by atoms with Gasteiger partial charge < -0.3 is 10.6 Å². The van der Waals surface area contributed by atoms with Crippen molar-refractivity contribution in [2.75, 3.05) is 23.4 Å². The zero-order valence-electron chi connectivity index (χ0n) is 11.7. The maximum atomic E-state index is 8.83. The number of rotatable bonds is 6. The number of pyridine rings is 1. The molecule has 0 aliphatic carbocycles. The molecular formula is C14H16N6S. The lowest BCUT2D eigenvalue weighted by Gasteiger charge is -2.23. The van der Waals surface area contributed by atoms with E-state index in [4.69, 9.17) is 11.0 Å². The molecule has 0 fully saturated rings. The average molecular weight is 300 g/mol. The van der Waals surface area contributed by atoms with Gasteiger partial charge in [0.05, 0.1) is 12.5 Å². The molecule has 21 heavy (non-hydrogen) atoms. The molecule has 0 aromatic carbocycles. The van der Waals surface area contributed by atoms with E-state index < -0.39 is 0 Å². The van der Waals surface area contributed by atoms with Gasteiger partial charge in [-0.2, -0.15) is 5.26 Å². The van der Waals surface area contributed by atoms with E-state index in [0.717, 1.165) is 11.4 Å². The van der Waals surface area contributed by atoms with E-state index in [1.54, 1.807) is 18.5 Å². The van der Waals surface area contributed by atoms with Crippen LogP contribution in [0.25, 0.3) is 0 Å². The summed E-state index contributed by atoms with van der Waals surface area (Å²) in [6, 6.07) is 7.77. The minimum atomic E-state index is 0.415. The van der Waals surface area contributed by atoms with Crippen molar-refractivity contribution in [2.45, 2.75) is 18.1 Å². The molecule has 7 heteroatoms. The van der Waals surface area contributed by atoms with Gasteiger partial charge in [-0.05, 0) is 17.9 Å². The second-order valence-electron chi connectivity index (χ2n) is 4.33. The molecule has 0 saturated carbocycles. The number of nitrogens with zero attached hydrogens (tertiary/aromatic N) is 5. The summed E-state index contributed by atoms with van der Waals surface area (Å²) < 4.78 is 0. The molecule has 2 N–H and O–H groups in total. The van der Waals surface area contributed by atoms with Crippen LogP contribution in [0.1, 0.15) is 12.0 Å². The zero-order valence-corrected chi connectivity index (χ0v) is 12.5. The standard InChI is InChI=1S/C14H16N6S/c1-21-14-18-12(16)8-13(19-14)20(7-3-5-15)10-11-4-2-6-17-9-11/h2,4,6,8-9H,3,7,10H2,1H3,(H2,16,18,19). The normalized spacial score (nSPS) is 10.1. The van der Waals surface area contributed by atoms with E-state index in [1.165, 1.54) is 11.8 Å². The molecule has 0 spiro atoms. The van der Waals surface area contributed by atoms with Crippen molar-refractivity contribution in [3.05, 3.63) is 36.2 Å². The maximum Gasteiger partial charge on any atom is 0.191 e. The van der Waals surface area contributed by atoms with Gasteiger partial charge >= 0.3 is 0 Å². The van der Waals surface area contributed by atoms with Crippen LogP contribution in [0.2, 0.25) is 0 Å². The van der Waals surface area contributed by atoms with Crippen LogP contribution < -0.4 is 10.6 Å². The summed E-state index contributed by atoms with van der Waals surface area (Å²) in [5.74, 6) is 1.16. The Morgan fingerprint density at radius 2 is 2.29 bits per heavy atom. The van der Waals surface area contributed by atoms with Crippen LogP contribution in [0.15, 0.2) is 35.7 Å². The number of nitriles is 1. The molecule has 0 amide bonds. The Labute approximate surface area is 128 Å². The van der Waals surface area contributed by atoms with Gasteiger partial charge in [-0.1, -0.05) is 17.8 Å². The second-order valence-corrected chi connectivity index (χ2v) is 5.10. The van der Waals surface area contributed by atoms with Crippen molar-refractivity contribution >= 4 is 23.4 Å². The lowest BCUT2D eigenvalue weighted by Crippen LogP contribution is -2.25. The molecule has 0 saturated heterocycles. The molecule has 6 nitrogen and oxygen atoms in total. The summed E-state index contributed by atoms with van der Waals surface area (Å²) in [7, 11) is 0. The lowest BCUT2D eigenvalue weighted by atomic mass is 10.2. The highest BCUT2D eigenvalue weighted by Gasteiger charge is 2.11. The van der Waals surface area contributed by atoms with Gasteiger partial charge in [0, 0.05) is 31.5 Å². The summed E-state index contributed by atoms with van der Waals surface area (Å²) in [6.07, 6.45) is 5.86. The summed E-state index contributed by atoms with van der Waals surface area (Å²) in [4.78, 5) is 14.7. The molecule has 0 aliphatic heterocycles. The minimum absolute atomic E-state index is 0.415. The molecule has 0 bridgehead atoms. The van der Waals surface area contributed by atoms with Gasteiger partial charge in [-0.15, -0.1) is 0 Å². The van der Waals surface area contributed by atoms with Crippen LogP contribution in [0.5, 0.6) is 0 Å². The van der Waals surface area contributed by atoms with Crippen molar-refractivity contribution in [1.29, 1.82) is 5.26 Å². The molecule has 108 valence electrons. The van der Waals surface area contributed by atoms with E-state index in [2.05, 4.69) is 21.0 Å². The van der Waals surface area contributed by atoms with Gasteiger partial charge in [-0.3, -0.25) is 4.98 Å². The Morgan fingerprint density at radius 1 is 1.43 bits per heavy atom. The molecular weight excluding hydrogens is 284 g/mol. The lowest BCUT2D eigenvalue weighted by molar-refractivity contribution is 0.766. The molecule has 0 unspecified atom stereocenters. The highest BCUT2D eigenvalue weighted by atomic mass is 32.2. The van der Waals surface area contributed by atoms with Gasteiger partial charge in [0.15, 0.2) is 5.16 Å². The monoisotopic (exact) mass is 300 g/mol. The van der Waals surface area contributed by atoms with E-state index in [1.807, 2.05) is 23.3 Å². The predicted molar refractivity (Wildman–Crippen MR) is 83.7 cm³/mol. The zero-order chi connectivity index (χ0) is 15.1. The molecule has 0 radical (unpaired) electrons. The van der Waals surface area contributed by atoms with E-state index >= 15 is 0 Å². The van der Waals surface area contributed by atoms with Gasteiger partial charge in [0.25, 0.3) is 0 Å². The van der Waals surface area contributed by atoms with Gasteiger partial charge in [-0.25, -0.2) is 9.97 Å². The Kier molecular flexibility index (Phi) is 5.35. The van der Waals surface area contributed by atoms with E-state index in [-0.39, 0.29) is 0 Å². The molecule has 2 aromatic rings. The van der Waals surface area contributed by atoms with Crippen molar-refractivity contribution in [2.24, 2.45) is 0 Å². The Bertz CT molecular complexity index is 625. The molecule has 2 aromatic heterocycles. The Hall–Kier alpha value is -2.33. The molecule has 2 heterocycles. The molecule has 0 atom stereocenters. The first-order chi connectivity index (χ1) is 10.2. The number of hydrogen-bond donors (Lipinski definition) is 1. The first-order valence-corrected chi connectivity index (χ1v) is 7.64. The highest BCUT2D eigenvalue weighted by Crippen LogP contribution is 2.20. The van der Waals surface area contributed by atoms with Crippen molar-refractivity contribution in [3.63, 3.8) is 0 Å². The number of anilines is 2. The fourth-order valence-electron chi connectivity index (χ4n) is 1.86. The van der Waals surface area contributed by atoms with Crippen LogP contribution in [0.4, 0.5) is 11.6 Å². The van der Waals surface area contributed by atoms with Crippen LogP contribution in [-0.4, -0.2) is 27.8 Å². The van der Waals surface area contributed by atoms with Gasteiger partial charge in [0.2, 0.25) is 0 Å². The third kappa shape index (κ3) is 4.33. The highest BCUT2D eigenvalue weighted by molar-refractivity contribution is 7.98. The first-order valence-electron chi connectivity index (χ1n) is 6.42. The predicted octanol–water partition coefficient (Wildman–Crippen LogP) is 2.10. The van der Waals surface area contributed by atoms with Crippen LogP contribution in [0.3, 0.4) is 0 Å². The summed E-state index contributed by atoms with van der Waals surface area (Å²) in [5, 5.41) is 9.46. The topological polar surface area (TPSA) is 91.7 Å². The van der Waals surface area contributed by atoms with Gasteiger partial charge in [0.1, 0.15) is 11.6 Å². The van der Waals surface area contributed by atoms with E-state index in [0.29, 0.717) is 30.5 Å². The molecule has 0 aliphatic rings. The summed E-state index contributed by atoms with van der Waals surface area (Å²) in [5.41, 5.74) is 6.88. The van der Waals surface area contributed by atoms with Crippen LogP contribution >= 0.6 is 11.8 Å². The average Bonchev–Trinajstić information content (AvgIpc) is 2.51. The Morgan fingerprint density at radius 3 is 2.95 bits per heavy atom. The van der Waals surface area contributed by atoms with Crippen LogP contribution in [-0.2, 0) is 6.54 Å². The smallest absolute Gasteiger partial charge is 0.191 e. The van der Waals surface area contributed by atoms with Crippen molar-refractivity contribution < 1.29 is 0 Å². The maximum absolute atomic E-state index is 8.83. The number of thioether (sulfide) groups is 1. The fourth-order valence-corrected chi connectivity index (χ4v) is 2.24. The van der Waals surface area contributed by atoms with E-state index in [9.17, 15) is 0 Å². The second kappa shape index (κ2) is 7.45. The number of nitrogen functional groups attached to an aromatic ring is 1. The fraction of sp³-hybridized carbons (Fsp3) is 0.286. The minimum Gasteiger partial charge on any atom is -0.383 e. The largest absolute Gasteiger partial charge is 0.383 e. The third-order valence-electron chi connectivity index (χ3n) is 2.81. The quantitative estimate of drug-likeness (QED) is 0.645. The third-order valence-corrected chi connectivity index (χ3v) is 3.36. The van der Waals surface area contributed by atoms with Crippen molar-refractivity contribution in [3.8, 4) is 6.07 Å². The number of aromatic nitrogens is 3. The van der Waals surface area contributed by atoms with Crippen molar-refractivity contribution in [1.82, 2.24) is 15.0 Å². The summed E-state index contributed by atoms with van der Waals surface area (Å²) >= 11 is 1.44. The summed E-state index contributed by atoms with van der Waals surface area (Å²) in [6.45, 7) is 1.20. The Balaban J connectivity index is 2.27. The number of nitrogens with two attached hydrogens (primary N) is 1. The SMILES string of the molecule is CSc1nc(N)cc(N(CCC#N)Cc2cccnc2)n1. The number of hydrogen-bond acceptors (Lipinski definition) is 7. The van der Waals surface area contributed by atoms with Crippen LogP contribution in [0, 0.1) is 11.3 Å². The first kappa shape index (κ1) is 15.1. The molecule has 2 rings (SSSR count).